The normalized spacial score (nSPS) is 8.83. The topological polar surface area (TPSA) is 26.3 Å². The predicted molar refractivity (Wildman–Crippen MR) is 48.3 cm³/mol. The Hall–Kier alpha value is -0.388. The molecule has 0 spiro atoms. The Morgan fingerprint density at radius 2 is 1.92 bits per heavy atom. The second-order valence-electron chi connectivity index (χ2n) is 2.64. The molecule has 0 N–H and O–H groups in total. The SMILES string of the molecule is CC(=O)[O][Tl][c]1ccc(C)cc1. The molecule has 1 rings (SSSR count). The summed E-state index contributed by atoms with van der Waals surface area (Å²) in [5.74, 6) is -0.148. The Bertz CT molecular complexity index is 266. The van der Waals surface area contributed by atoms with E-state index in [-0.39, 0.29) is 5.97 Å². The molecule has 0 saturated carbocycles. The van der Waals surface area contributed by atoms with E-state index >= 15 is 0 Å². The first-order valence-corrected chi connectivity index (χ1v) is 7.83. The van der Waals surface area contributed by atoms with Crippen LogP contribution in [-0.4, -0.2) is 30.7 Å². The Labute approximate surface area is 84.8 Å². The number of carbonyl (C=O) groups excluding carboxylic acids is 1. The van der Waals surface area contributed by atoms with Crippen LogP contribution < -0.4 is 3.12 Å². The zero-order valence-corrected chi connectivity index (χ0v) is 11.7. The van der Waals surface area contributed by atoms with Gasteiger partial charge in [-0.25, -0.2) is 0 Å². The van der Waals surface area contributed by atoms with E-state index in [1.54, 1.807) is 0 Å². The summed E-state index contributed by atoms with van der Waals surface area (Å²) in [5.41, 5.74) is 1.24. The quantitative estimate of drug-likeness (QED) is 0.735. The molecule has 0 aromatic heterocycles. The van der Waals surface area contributed by atoms with Crippen LogP contribution in [0.2, 0.25) is 0 Å². The summed E-state index contributed by atoms with van der Waals surface area (Å²) in [6, 6.07) is 8.20. The van der Waals surface area contributed by atoms with Gasteiger partial charge in [0, 0.05) is 0 Å². The van der Waals surface area contributed by atoms with Crippen LogP contribution in [0.3, 0.4) is 0 Å². The van der Waals surface area contributed by atoms with Gasteiger partial charge in [-0.2, -0.15) is 0 Å². The van der Waals surface area contributed by atoms with Crippen LogP contribution in [0.5, 0.6) is 0 Å². The Balaban J connectivity index is 2.53. The van der Waals surface area contributed by atoms with Crippen molar-refractivity contribution in [1.29, 1.82) is 0 Å². The van der Waals surface area contributed by atoms with Crippen molar-refractivity contribution in [2.75, 3.05) is 0 Å². The molecule has 2 nitrogen and oxygen atoms in total. The van der Waals surface area contributed by atoms with Crippen LogP contribution >= 0.6 is 0 Å². The van der Waals surface area contributed by atoms with E-state index in [9.17, 15) is 4.79 Å². The summed E-state index contributed by atoms with van der Waals surface area (Å²) >= 11 is -1.42. The molecule has 0 aliphatic rings. The van der Waals surface area contributed by atoms with Gasteiger partial charge < -0.3 is 0 Å². The molecule has 0 amide bonds. The third kappa shape index (κ3) is 3.34. The molecular formula is C9H10O2Tl. The van der Waals surface area contributed by atoms with Crippen LogP contribution in [-0.2, 0) is 7.48 Å². The van der Waals surface area contributed by atoms with Crippen molar-refractivity contribution in [2.45, 2.75) is 13.8 Å². The summed E-state index contributed by atoms with van der Waals surface area (Å²) in [7, 11) is 0. The average molecular weight is 355 g/mol. The van der Waals surface area contributed by atoms with Crippen LogP contribution in [0.4, 0.5) is 0 Å². The number of benzene rings is 1. The number of aryl methyl sites for hydroxylation is 1. The first-order valence-electron chi connectivity index (χ1n) is 3.75. The monoisotopic (exact) mass is 355 g/mol. The third-order valence-corrected chi connectivity index (χ3v) is 5.74. The molecule has 61 valence electrons. The number of hydrogen-bond donors (Lipinski definition) is 0. The average Bonchev–Trinajstić information content (AvgIpc) is 2.03. The fourth-order valence-corrected chi connectivity index (χ4v) is 3.33. The summed E-state index contributed by atoms with van der Waals surface area (Å²) < 4.78 is 6.27. The van der Waals surface area contributed by atoms with Gasteiger partial charge in [-0.1, -0.05) is 0 Å². The molecule has 0 aliphatic heterocycles. The Morgan fingerprint density at radius 1 is 1.33 bits per heavy atom. The minimum absolute atomic E-state index is 0.148. The van der Waals surface area contributed by atoms with Gasteiger partial charge in [0.05, 0.1) is 0 Å². The van der Waals surface area contributed by atoms with Crippen molar-refractivity contribution in [3.8, 4) is 0 Å². The van der Waals surface area contributed by atoms with Gasteiger partial charge in [0.15, 0.2) is 0 Å². The molecule has 0 heterocycles. The minimum atomic E-state index is -1.42. The standard InChI is InChI=1S/C7H7.C2H4O2.Tl/c1-7-5-3-2-4-6-7;1-2(3)4;/h3-6H,1H3;1H3,(H,3,4);/q;;+1/p-1. The maximum atomic E-state index is 10.5. The number of carbonyl (C=O) groups is 1. The summed E-state index contributed by atoms with van der Waals surface area (Å²) in [6.45, 7) is 3.51. The van der Waals surface area contributed by atoms with Crippen LogP contribution in [0.25, 0.3) is 0 Å². The van der Waals surface area contributed by atoms with Gasteiger partial charge in [0.1, 0.15) is 0 Å². The van der Waals surface area contributed by atoms with Gasteiger partial charge in [0.2, 0.25) is 0 Å². The van der Waals surface area contributed by atoms with Crippen molar-refractivity contribution in [3.05, 3.63) is 29.8 Å². The van der Waals surface area contributed by atoms with Crippen molar-refractivity contribution in [2.24, 2.45) is 0 Å². The van der Waals surface area contributed by atoms with Gasteiger partial charge in [-0.3, -0.25) is 0 Å². The fourth-order valence-electron chi connectivity index (χ4n) is 0.796. The zero-order valence-electron chi connectivity index (χ0n) is 7.20. The van der Waals surface area contributed by atoms with Crippen molar-refractivity contribution < 1.29 is 7.48 Å². The second-order valence-corrected chi connectivity index (χ2v) is 7.06. The zero-order chi connectivity index (χ0) is 8.97. The van der Waals surface area contributed by atoms with Crippen LogP contribution in [0.15, 0.2) is 24.3 Å². The van der Waals surface area contributed by atoms with E-state index in [2.05, 4.69) is 12.1 Å². The predicted octanol–water partition coefficient (Wildman–Crippen LogP) is 0.803. The first-order chi connectivity index (χ1) is 5.68. The Kier molecular flexibility index (Phi) is 3.71. The van der Waals surface area contributed by atoms with Crippen molar-refractivity contribution in [1.82, 2.24) is 0 Å². The van der Waals surface area contributed by atoms with Gasteiger partial charge in [0.25, 0.3) is 0 Å². The molecule has 0 fully saturated rings. The van der Waals surface area contributed by atoms with E-state index in [0.29, 0.717) is 0 Å². The van der Waals surface area contributed by atoms with E-state index in [1.165, 1.54) is 15.6 Å². The molecule has 0 bridgehead atoms. The molecule has 0 aliphatic carbocycles. The number of rotatable bonds is 2. The summed E-state index contributed by atoms with van der Waals surface area (Å²) in [4.78, 5) is 10.5. The molecule has 1 aromatic carbocycles. The molecule has 0 atom stereocenters. The molecule has 3 heteroatoms. The van der Waals surface area contributed by atoms with E-state index in [4.69, 9.17) is 2.69 Å². The molecule has 12 heavy (non-hydrogen) atoms. The maximum absolute atomic E-state index is 10.5. The van der Waals surface area contributed by atoms with E-state index < -0.39 is 24.7 Å². The number of hydrogen-bond acceptors (Lipinski definition) is 2. The van der Waals surface area contributed by atoms with E-state index in [0.717, 1.165) is 0 Å². The van der Waals surface area contributed by atoms with E-state index in [1.807, 2.05) is 19.1 Å². The van der Waals surface area contributed by atoms with Crippen molar-refractivity contribution >= 4 is 33.8 Å². The molecule has 0 unspecified atom stereocenters. The second kappa shape index (κ2) is 4.59. The molecular weight excluding hydrogens is 344 g/mol. The molecule has 1 aromatic rings. The Morgan fingerprint density at radius 3 is 2.42 bits per heavy atom. The van der Waals surface area contributed by atoms with Gasteiger partial charge in [-0.15, -0.1) is 0 Å². The van der Waals surface area contributed by atoms with Gasteiger partial charge in [-0.05, 0) is 0 Å². The summed E-state index contributed by atoms with van der Waals surface area (Å²) in [5, 5.41) is 0. The van der Waals surface area contributed by atoms with Gasteiger partial charge >= 0.3 is 84.9 Å². The van der Waals surface area contributed by atoms with Crippen molar-refractivity contribution in [3.63, 3.8) is 0 Å². The van der Waals surface area contributed by atoms with Crippen LogP contribution in [0, 0.1) is 6.92 Å². The van der Waals surface area contributed by atoms with Crippen LogP contribution in [0.1, 0.15) is 12.5 Å². The fraction of sp³-hybridized carbons (Fsp3) is 0.222. The molecule has 0 radical (unpaired) electrons. The molecule has 0 saturated heterocycles. The first kappa shape index (κ1) is 9.70. The summed E-state index contributed by atoms with van der Waals surface area (Å²) in [6.07, 6.45) is 0. The third-order valence-electron chi connectivity index (χ3n) is 1.44.